The Morgan fingerprint density at radius 1 is 1.07 bits per heavy atom. The molecule has 212 valence electrons. The molecule has 1 heterocycles. The molecule has 0 radical (unpaired) electrons. The van der Waals surface area contributed by atoms with Crippen LogP contribution in [0.15, 0.2) is 65.2 Å². The van der Waals surface area contributed by atoms with E-state index >= 15 is 0 Å². The first-order chi connectivity index (χ1) is 19.6. The Morgan fingerprint density at radius 3 is 2.61 bits per heavy atom. The summed E-state index contributed by atoms with van der Waals surface area (Å²) in [6.45, 7) is 2.63. The van der Waals surface area contributed by atoms with Crippen molar-refractivity contribution in [3.05, 3.63) is 77.4 Å². The molecule has 41 heavy (non-hydrogen) atoms. The van der Waals surface area contributed by atoms with E-state index in [4.69, 9.17) is 9.63 Å². The highest BCUT2D eigenvalue weighted by molar-refractivity contribution is 5.76. The number of rotatable bonds is 8. The van der Waals surface area contributed by atoms with Gasteiger partial charge in [-0.3, -0.25) is 4.79 Å². The van der Waals surface area contributed by atoms with Crippen molar-refractivity contribution in [1.29, 1.82) is 0 Å². The van der Waals surface area contributed by atoms with Crippen molar-refractivity contribution in [1.82, 2.24) is 15.5 Å². The molecule has 0 spiro atoms. The number of aromatic nitrogens is 2. The van der Waals surface area contributed by atoms with E-state index < -0.39 is 12.3 Å². The van der Waals surface area contributed by atoms with E-state index in [1.807, 2.05) is 6.07 Å². The van der Waals surface area contributed by atoms with Gasteiger partial charge in [0, 0.05) is 22.7 Å². The predicted octanol–water partition coefficient (Wildman–Crippen LogP) is 6.97. The Balaban J connectivity index is 1.15. The SMILES string of the molecule is Cc1cc(-c2nc(-c3ccc4c(c3)CCC4NCC3CC(C(=O)O)C3)no2)ccc1-c1ccccc1OC(F)(F)F. The van der Waals surface area contributed by atoms with Gasteiger partial charge < -0.3 is 19.7 Å². The molecule has 2 N–H and O–H groups in total. The molecule has 1 atom stereocenters. The van der Waals surface area contributed by atoms with Crippen LogP contribution in [0.1, 0.15) is 42.0 Å². The molecular weight excluding hydrogens is 535 g/mol. The molecule has 0 bridgehead atoms. The third-order valence-electron chi connectivity index (χ3n) is 8.02. The lowest BCUT2D eigenvalue weighted by molar-refractivity contribution is -0.274. The van der Waals surface area contributed by atoms with Gasteiger partial charge in [-0.1, -0.05) is 41.6 Å². The van der Waals surface area contributed by atoms with Crippen LogP contribution in [-0.4, -0.2) is 34.1 Å². The number of halogens is 3. The Labute approximate surface area is 234 Å². The molecule has 2 aliphatic rings. The van der Waals surface area contributed by atoms with Crippen LogP contribution in [0.25, 0.3) is 34.0 Å². The first-order valence-corrected chi connectivity index (χ1v) is 13.5. The van der Waals surface area contributed by atoms with Gasteiger partial charge in [0.15, 0.2) is 0 Å². The second-order valence-electron chi connectivity index (χ2n) is 10.8. The van der Waals surface area contributed by atoms with Gasteiger partial charge in [0.05, 0.1) is 5.92 Å². The van der Waals surface area contributed by atoms with Crippen molar-refractivity contribution in [3.8, 4) is 39.7 Å². The molecule has 3 aromatic carbocycles. The van der Waals surface area contributed by atoms with Gasteiger partial charge in [-0.05, 0) is 91.6 Å². The van der Waals surface area contributed by atoms with Crippen molar-refractivity contribution in [2.45, 2.75) is 45.0 Å². The molecule has 10 heteroatoms. The average Bonchev–Trinajstić information content (AvgIpc) is 3.55. The molecule has 0 amide bonds. The number of nitrogens with zero attached hydrogens (tertiary/aromatic N) is 2. The minimum Gasteiger partial charge on any atom is -0.481 e. The minimum atomic E-state index is -4.79. The molecule has 0 aliphatic heterocycles. The van der Waals surface area contributed by atoms with Gasteiger partial charge in [-0.15, -0.1) is 13.2 Å². The molecule has 1 unspecified atom stereocenters. The van der Waals surface area contributed by atoms with Crippen LogP contribution in [0.3, 0.4) is 0 Å². The highest BCUT2D eigenvalue weighted by Crippen LogP contribution is 2.39. The van der Waals surface area contributed by atoms with Crippen LogP contribution in [0.5, 0.6) is 5.75 Å². The highest BCUT2D eigenvalue weighted by atomic mass is 19.4. The summed E-state index contributed by atoms with van der Waals surface area (Å²) in [4.78, 5) is 15.6. The summed E-state index contributed by atoms with van der Waals surface area (Å²) in [5.74, 6) is 0.0282. The van der Waals surface area contributed by atoms with Gasteiger partial charge in [-0.2, -0.15) is 4.98 Å². The fraction of sp³-hybridized carbons (Fsp3) is 0.323. The van der Waals surface area contributed by atoms with Crippen LogP contribution in [-0.2, 0) is 11.2 Å². The summed E-state index contributed by atoms with van der Waals surface area (Å²) in [7, 11) is 0. The number of hydrogen-bond acceptors (Lipinski definition) is 6. The van der Waals surface area contributed by atoms with Gasteiger partial charge in [0.2, 0.25) is 5.82 Å². The Kier molecular flexibility index (Phi) is 7.03. The predicted molar refractivity (Wildman–Crippen MR) is 145 cm³/mol. The van der Waals surface area contributed by atoms with E-state index in [9.17, 15) is 18.0 Å². The second kappa shape index (κ2) is 10.7. The second-order valence-corrected chi connectivity index (χ2v) is 10.8. The third-order valence-corrected chi connectivity index (χ3v) is 8.02. The topological polar surface area (TPSA) is 97.5 Å². The summed E-state index contributed by atoms with van der Waals surface area (Å²) in [5, 5.41) is 16.9. The van der Waals surface area contributed by atoms with E-state index in [-0.39, 0.29) is 17.7 Å². The van der Waals surface area contributed by atoms with Crippen molar-refractivity contribution in [3.63, 3.8) is 0 Å². The third kappa shape index (κ3) is 5.69. The van der Waals surface area contributed by atoms with Gasteiger partial charge in [-0.25, -0.2) is 0 Å². The number of ether oxygens (including phenoxy) is 1. The Hall–Kier alpha value is -4.18. The normalized spacial score (nSPS) is 20.0. The lowest BCUT2D eigenvalue weighted by atomic mass is 9.75. The van der Waals surface area contributed by atoms with Crippen molar-refractivity contribution < 1.29 is 32.3 Å². The first-order valence-electron chi connectivity index (χ1n) is 13.5. The summed E-state index contributed by atoms with van der Waals surface area (Å²) >= 11 is 0. The smallest absolute Gasteiger partial charge is 0.481 e. The molecule has 1 fully saturated rings. The van der Waals surface area contributed by atoms with E-state index in [0.29, 0.717) is 34.3 Å². The average molecular weight is 564 g/mol. The Morgan fingerprint density at radius 2 is 1.85 bits per heavy atom. The van der Waals surface area contributed by atoms with Crippen LogP contribution in [0.2, 0.25) is 0 Å². The molecule has 1 saturated carbocycles. The van der Waals surface area contributed by atoms with Crippen LogP contribution in [0.4, 0.5) is 13.2 Å². The standard InChI is InChI=1S/C31H28F3N3O4/c1-17-12-21(7-9-23(17)25-4-2-3-5-27(25)40-31(32,33)34)29-36-28(37-41-29)20-6-10-24-19(15-20)8-11-26(24)35-16-18-13-22(14-18)30(38)39/h2-7,9-10,12,15,18,22,26,35H,8,11,13-14,16H2,1H3,(H,38,39). The van der Waals surface area contributed by atoms with Crippen molar-refractivity contribution in [2.24, 2.45) is 11.8 Å². The maximum atomic E-state index is 12.9. The number of fused-ring (bicyclic) bond motifs is 1. The van der Waals surface area contributed by atoms with Gasteiger partial charge in [0.1, 0.15) is 5.75 Å². The monoisotopic (exact) mass is 563 g/mol. The van der Waals surface area contributed by atoms with Crippen molar-refractivity contribution in [2.75, 3.05) is 6.54 Å². The number of aryl methyl sites for hydroxylation is 2. The maximum Gasteiger partial charge on any atom is 0.573 e. The molecular formula is C31H28F3N3O4. The molecule has 0 saturated heterocycles. The maximum absolute atomic E-state index is 12.9. The highest BCUT2D eigenvalue weighted by Gasteiger charge is 2.35. The lowest BCUT2D eigenvalue weighted by Gasteiger charge is -2.33. The zero-order chi connectivity index (χ0) is 28.7. The molecule has 6 rings (SSSR count). The first kappa shape index (κ1) is 27.0. The van der Waals surface area contributed by atoms with E-state index in [1.165, 1.54) is 23.3 Å². The molecule has 1 aromatic heterocycles. The van der Waals surface area contributed by atoms with Crippen LogP contribution < -0.4 is 10.1 Å². The number of nitrogens with one attached hydrogen (secondary N) is 1. The molecule has 2 aliphatic carbocycles. The van der Waals surface area contributed by atoms with E-state index in [0.717, 1.165) is 43.4 Å². The number of benzene rings is 3. The van der Waals surface area contributed by atoms with Gasteiger partial charge >= 0.3 is 12.3 Å². The number of carbonyl (C=O) groups is 1. The summed E-state index contributed by atoms with van der Waals surface area (Å²) < 4.78 is 48.5. The zero-order valence-corrected chi connectivity index (χ0v) is 22.2. The largest absolute Gasteiger partial charge is 0.573 e. The summed E-state index contributed by atoms with van der Waals surface area (Å²) in [6.07, 6.45) is -1.41. The van der Waals surface area contributed by atoms with E-state index in [1.54, 1.807) is 37.3 Å². The fourth-order valence-corrected chi connectivity index (χ4v) is 5.84. The zero-order valence-electron chi connectivity index (χ0n) is 22.2. The number of hydrogen-bond donors (Lipinski definition) is 2. The number of aliphatic carboxylic acids is 1. The quantitative estimate of drug-likeness (QED) is 0.239. The molecule has 7 nitrogen and oxygen atoms in total. The number of alkyl halides is 3. The number of para-hydroxylation sites is 1. The van der Waals surface area contributed by atoms with Crippen LogP contribution in [0, 0.1) is 18.8 Å². The summed E-state index contributed by atoms with van der Waals surface area (Å²) in [6, 6.07) is 17.7. The number of carboxylic acid groups (broad SMARTS) is 1. The summed E-state index contributed by atoms with van der Waals surface area (Å²) in [5.41, 5.74) is 5.64. The number of carboxylic acids is 1. The van der Waals surface area contributed by atoms with Crippen molar-refractivity contribution >= 4 is 5.97 Å². The fourth-order valence-electron chi connectivity index (χ4n) is 5.84. The van der Waals surface area contributed by atoms with Crippen LogP contribution >= 0.6 is 0 Å². The molecule has 4 aromatic rings. The van der Waals surface area contributed by atoms with Gasteiger partial charge in [0.25, 0.3) is 5.89 Å². The van der Waals surface area contributed by atoms with E-state index in [2.05, 4.69) is 32.3 Å². The lowest BCUT2D eigenvalue weighted by Crippen LogP contribution is -2.37. The Bertz CT molecular complexity index is 1590. The minimum absolute atomic E-state index is 0.198.